The molecule has 1 aliphatic rings. The highest BCUT2D eigenvalue weighted by Gasteiger charge is 2.31. The fraction of sp³-hybridized carbons (Fsp3) is 0.588. The molecule has 1 aromatic carbocycles. The van der Waals surface area contributed by atoms with Crippen LogP contribution in [0.1, 0.15) is 45.2 Å². The quantitative estimate of drug-likeness (QED) is 0.791. The summed E-state index contributed by atoms with van der Waals surface area (Å²) in [5.74, 6) is 0.730. The van der Waals surface area contributed by atoms with Crippen molar-refractivity contribution in [2.75, 3.05) is 13.1 Å². The number of carbonyl (C=O) groups is 1. The molecule has 1 aliphatic carbocycles. The van der Waals surface area contributed by atoms with E-state index < -0.39 is 5.60 Å². The van der Waals surface area contributed by atoms with Crippen molar-refractivity contribution in [1.29, 1.82) is 0 Å². The molecule has 4 heteroatoms. The van der Waals surface area contributed by atoms with E-state index in [0.29, 0.717) is 12.6 Å². The molecule has 1 atom stereocenters. The Labute approximate surface area is 127 Å². The summed E-state index contributed by atoms with van der Waals surface area (Å²) < 4.78 is 5.21. The maximum Gasteiger partial charge on any atom is 0.407 e. The maximum absolute atomic E-state index is 11.6. The lowest BCUT2D eigenvalue weighted by Gasteiger charge is -2.21. The fourth-order valence-corrected chi connectivity index (χ4v) is 2.35. The van der Waals surface area contributed by atoms with Gasteiger partial charge in [0.2, 0.25) is 0 Å². The normalized spacial score (nSPS) is 16.3. The van der Waals surface area contributed by atoms with Crippen molar-refractivity contribution in [1.82, 2.24) is 10.6 Å². The van der Waals surface area contributed by atoms with Crippen molar-refractivity contribution in [3.05, 3.63) is 35.9 Å². The summed E-state index contributed by atoms with van der Waals surface area (Å²) in [6, 6.07) is 10.9. The molecule has 0 aliphatic heterocycles. The minimum Gasteiger partial charge on any atom is -0.444 e. The van der Waals surface area contributed by atoms with Crippen molar-refractivity contribution in [3.63, 3.8) is 0 Å². The number of hydrogen-bond acceptors (Lipinski definition) is 3. The number of ether oxygens (including phenoxy) is 1. The lowest BCUT2D eigenvalue weighted by atomic mass is 10.0. The predicted octanol–water partition coefficient (Wildman–Crippen LogP) is 3.25. The minimum atomic E-state index is -0.446. The van der Waals surface area contributed by atoms with Gasteiger partial charge in [0.1, 0.15) is 5.60 Å². The molecule has 21 heavy (non-hydrogen) atoms. The maximum atomic E-state index is 11.6. The Kier molecular flexibility index (Phi) is 5.23. The Morgan fingerprint density at radius 1 is 1.24 bits per heavy atom. The van der Waals surface area contributed by atoms with Gasteiger partial charge in [-0.1, -0.05) is 30.3 Å². The second-order valence-corrected chi connectivity index (χ2v) is 6.61. The topological polar surface area (TPSA) is 50.4 Å². The first kappa shape index (κ1) is 15.8. The summed E-state index contributed by atoms with van der Waals surface area (Å²) in [7, 11) is 0. The van der Waals surface area contributed by atoms with Crippen LogP contribution in [-0.4, -0.2) is 24.8 Å². The summed E-state index contributed by atoms with van der Waals surface area (Å²) >= 11 is 0. The van der Waals surface area contributed by atoms with Gasteiger partial charge in [-0.3, -0.25) is 0 Å². The SMILES string of the molecule is CC(C)(C)OC(=O)NCCNC(c1ccccc1)C1CC1. The van der Waals surface area contributed by atoms with Gasteiger partial charge in [0.15, 0.2) is 0 Å². The molecule has 0 spiro atoms. The van der Waals surface area contributed by atoms with Crippen molar-refractivity contribution < 1.29 is 9.53 Å². The van der Waals surface area contributed by atoms with E-state index in [1.165, 1.54) is 18.4 Å². The summed E-state index contributed by atoms with van der Waals surface area (Å²) in [6.07, 6.45) is 2.21. The third-order valence-electron chi connectivity index (χ3n) is 3.41. The van der Waals surface area contributed by atoms with Crippen molar-refractivity contribution in [2.45, 2.75) is 45.3 Å². The summed E-state index contributed by atoms with van der Waals surface area (Å²) in [5, 5.41) is 6.33. The number of alkyl carbamates (subject to hydrolysis) is 1. The van der Waals surface area contributed by atoms with Crippen LogP contribution in [0.5, 0.6) is 0 Å². The Bertz CT molecular complexity index is 450. The molecule has 0 saturated heterocycles. The Hall–Kier alpha value is -1.55. The zero-order valence-corrected chi connectivity index (χ0v) is 13.2. The summed E-state index contributed by atoms with van der Waals surface area (Å²) in [4.78, 5) is 11.6. The van der Waals surface area contributed by atoms with Gasteiger partial charge in [-0.25, -0.2) is 4.79 Å². The standard InChI is InChI=1S/C17H26N2O2/c1-17(2,3)21-16(20)19-12-11-18-15(14-9-10-14)13-7-5-4-6-8-13/h4-8,14-15,18H,9-12H2,1-3H3,(H,19,20). The molecule has 1 unspecified atom stereocenters. The van der Waals surface area contributed by atoms with Gasteiger partial charge in [0.25, 0.3) is 0 Å². The second kappa shape index (κ2) is 6.94. The molecule has 4 nitrogen and oxygen atoms in total. The van der Waals surface area contributed by atoms with Gasteiger partial charge in [0.05, 0.1) is 0 Å². The monoisotopic (exact) mass is 290 g/mol. The lowest BCUT2D eigenvalue weighted by molar-refractivity contribution is 0.0528. The van der Waals surface area contributed by atoms with E-state index in [4.69, 9.17) is 4.74 Å². The van der Waals surface area contributed by atoms with Crippen LogP contribution in [-0.2, 0) is 4.74 Å². The number of nitrogens with one attached hydrogen (secondary N) is 2. The van der Waals surface area contributed by atoms with E-state index in [1.54, 1.807) is 0 Å². The molecular weight excluding hydrogens is 264 g/mol. The smallest absolute Gasteiger partial charge is 0.407 e. The van der Waals surface area contributed by atoms with Gasteiger partial charge in [-0.05, 0) is 45.1 Å². The van der Waals surface area contributed by atoms with Crippen molar-refractivity contribution in [3.8, 4) is 0 Å². The van der Waals surface area contributed by atoms with E-state index in [2.05, 4.69) is 34.9 Å². The van der Waals surface area contributed by atoms with Crippen LogP contribution >= 0.6 is 0 Å². The molecule has 2 rings (SSSR count). The number of rotatable bonds is 6. The number of hydrogen-bond donors (Lipinski definition) is 2. The molecule has 0 radical (unpaired) electrons. The summed E-state index contributed by atoms with van der Waals surface area (Å²) in [5.41, 5.74) is 0.884. The van der Waals surface area contributed by atoms with Crippen LogP contribution in [0.4, 0.5) is 4.79 Å². The average molecular weight is 290 g/mol. The zero-order valence-electron chi connectivity index (χ0n) is 13.2. The van der Waals surface area contributed by atoms with E-state index in [1.807, 2.05) is 26.8 Å². The van der Waals surface area contributed by atoms with E-state index in [9.17, 15) is 4.79 Å². The molecule has 0 heterocycles. The van der Waals surface area contributed by atoms with Crippen LogP contribution in [0.3, 0.4) is 0 Å². The van der Waals surface area contributed by atoms with Crippen LogP contribution in [0.15, 0.2) is 30.3 Å². The van der Waals surface area contributed by atoms with Crippen LogP contribution < -0.4 is 10.6 Å². The van der Waals surface area contributed by atoms with Gasteiger partial charge in [-0.2, -0.15) is 0 Å². The molecule has 1 aromatic rings. The molecule has 1 amide bonds. The van der Waals surface area contributed by atoms with E-state index in [-0.39, 0.29) is 6.09 Å². The lowest BCUT2D eigenvalue weighted by Crippen LogP contribution is -2.37. The first-order chi connectivity index (χ1) is 9.96. The van der Waals surface area contributed by atoms with E-state index in [0.717, 1.165) is 12.5 Å². The van der Waals surface area contributed by atoms with Crippen molar-refractivity contribution >= 4 is 6.09 Å². The molecule has 2 N–H and O–H groups in total. The van der Waals surface area contributed by atoms with Crippen LogP contribution in [0, 0.1) is 5.92 Å². The van der Waals surface area contributed by atoms with Gasteiger partial charge < -0.3 is 15.4 Å². The van der Waals surface area contributed by atoms with Gasteiger partial charge >= 0.3 is 6.09 Å². The second-order valence-electron chi connectivity index (χ2n) is 6.61. The molecule has 116 valence electrons. The van der Waals surface area contributed by atoms with Gasteiger partial charge in [0, 0.05) is 19.1 Å². The number of amides is 1. The van der Waals surface area contributed by atoms with E-state index >= 15 is 0 Å². The predicted molar refractivity (Wildman–Crippen MR) is 84.1 cm³/mol. The molecule has 1 saturated carbocycles. The summed E-state index contributed by atoms with van der Waals surface area (Å²) in [6.45, 7) is 6.91. The van der Waals surface area contributed by atoms with Gasteiger partial charge in [-0.15, -0.1) is 0 Å². The fourth-order valence-electron chi connectivity index (χ4n) is 2.35. The highest BCUT2D eigenvalue weighted by Crippen LogP contribution is 2.40. The third-order valence-corrected chi connectivity index (χ3v) is 3.41. The number of benzene rings is 1. The first-order valence-electron chi connectivity index (χ1n) is 7.71. The first-order valence-corrected chi connectivity index (χ1v) is 7.71. The molecule has 0 aromatic heterocycles. The zero-order chi connectivity index (χ0) is 15.3. The average Bonchev–Trinajstić information content (AvgIpc) is 3.22. The Balaban J connectivity index is 1.73. The molecule has 0 bridgehead atoms. The highest BCUT2D eigenvalue weighted by atomic mass is 16.6. The largest absolute Gasteiger partial charge is 0.444 e. The molecule has 1 fully saturated rings. The van der Waals surface area contributed by atoms with Crippen LogP contribution in [0.2, 0.25) is 0 Å². The third kappa shape index (κ3) is 5.76. The van der Waals surface area contributed by atoms with Crippen LogP contribution in [0.25, 0.3) is 0 Å². The minimum absolute atomic E-state index is 0.355. The highest BCUT2D eigenvalue weighted by molar-refractivity contribution is 5.67. The Morgan fingerprint density at radius 3 is 2.48 bits per heavy atom. The van der Waals surface area contributed by atoms with Crippen molar-refractivity contribution in [2.24, 2.45) is 5.92 Å². The number of carbonyl (C=O) groups excluding carboxylic acids is 1. The molecular formula is C17H26N2O2. The Morgan fingerprint density at radius 2 is 1.90 bits per heavy atom.